The van der Waals surface area contributed by atoms with Gasteiger partial charge in [0.05, 0.1) is 5.56 Å². The highest BCUT2D eigenvalue weighted by molar-refractivity contribution is 6.10. The normalized spacial score (nSPS) is 19.3. The number of ketones is 1. The number of nitrogens with one attached hydrogen (secondary N) is 1. The number of hydrogen-bond donors (Lipinski definition) is 2. The molecule has 0 saturated carbocycles. The Kier molecular flexibility index (Phi) is 5.60. The van der Waals surface area contributed by atoms with Crippen molar-refractivity contribution in [2.45, 2.75) is 25.3 Å². The molecule has 0 spiro atoms. The second-order valence-corrected chi connectivity index (χ2v) is 7.47. The van der Waals surface area contributed by atoms with Gasteiger partial charge in [0, 0.05) is 43.1 Å². The van der Waals surface area contributed by atoms with Crippen LogP contribution in [0.3, 0.4) is 0 Å². The fraction of sp³-hybridized carbons (Fsp3) is 0.381. The van der Waals surface area contributed by atoms with Gasteiger partial charge in [-0.1, -0.05) is 6.07 Å². The summed E-state index contributed by atoms with van der Waals surface area (Å²) in [6.07, 6.45) is 3.28. The zero-order chi connectivity index (χ0) is 21.1. The molecule has 0 aromatic carbocycles. The highest BCUT2D eigenvalue weighted by atomic mass is 16.2. The molecule has 162 valence electrons. The van der Waals surface area contributed by atoms with Crippen LogP contribution in [-0.2, 0) is 9.59 Å². The first-order valence-corrected chi connectivity index (χ1v) is 10.1. The van der Waals surface area contributed by atoms with E-state index < -0.39 is 6.04 Å². The van der Waals surface area contributed by atoms with Crippen LogP contribution in [0.2, 0.25) is 0 Å². The van der Waals surface area contributed by atoms with Gasteiger partial charge in [0.25, 0.3) is 0 Å². The molecule has 2 amide bonds. The van der Waals surface area contributed by atoms with Crippen molar-refractivity contribution < 1.29 is 18.7 Å². The van der Waals surface area contributed by atoms with E-state index in [9.17, 15) is 14.4 Å². The minimum atomic E-state index is -0.409. The lowest BCUT2D eigenvalue weighted by Gasteiger charge is -2.25. The molecule has 4 rings (SSSR count). The van der Waals surface area contributed by atoms with Crippen LogP contribution >= 0.6 is 0 Å². The number of rotatable bonds is 4. The molecule has 0 aliphatic carbocycles. The van der Waals surface area contributed by atoms with Gasteiger partial charge in [-0.2, -0.15) is 0 Å². The van der Waals surface area contributed by atoms with Crippen molar-refractivity contribution in [3.8, 4) is 0 Å². The van der Waals surface area contributed by atoms with Crippen molar-refractivity contribution in [1.82, 2.24) is 20.2 Å². The maximum Gasteiger partial charge on any atom is 0.245 e. The Balaban J connectivity index is 0.00000181. The van der Waals surface area contributed by atoms with E-state index in [0.29, 0.717) is 49.6 Å². The number of carbonyl (C=O) groups excluding carboxylic acids is 3. The second kappa shape index (κ2) is 8.48. The van der Waals surface area contributed by atoms with E-state index in [4.69, 9.17) is 5.73 Å². The lowest BCUT2D eigenvalue weighted by Crippen LogP contribution is -2.45. The average Bonchev–Trinajstić information content (AvgIpc) is 3.05. The standard InChI is InChI=1S/C21H24N6O3.3H2/c22-20-14(4-2-9-23-20)19(29)15-5-1-6-17(24-15)26-10-3-11-27(13-12-26)21(30)16-7-8-18(28)25-16;;;/h1-2,4-6,9,16H,3,7-8,10-13H2,(H2,22,23)(H,25,28);3*1H. The first kappa shape index (κ1) is 19.8. The van der Waals surface area contributed by atoms with Gasteiger partial charge >= 0.3 is 0 Å². The van der Waals surface area contributed by atoms with Crippen LogP contribution < -0.4 is 16.0 Å². The van der Waals surface area contributed by atoms with E-state index in [1.54, 1.807) is 24.3 Å². The minimum absolute atomic E-state index is 0. The molecule has 2 aromatic rings. The van der Waals surface area contributed by atoms with E-state index in [0.717, 1.165) is 13.0 Å². The van der Waals surface area contributed by atoms with Crippen LogP contribution in [-0.4, -0.2) is 64.7 Å². The first-order chi connectivity index (χ1) is 14.5. The van der Waals surface area contributed by atoms with E-state index in [1.165, 1.54) is 6.20 Å². The van der Waals surface area contributed by atoms with Gasteiger partial charge in [0.15, 0.2) is 0 Å². The van der Waals surface area contributed by atoms with Crippen LogP contribution in [0.1, 0.15) is 39.6 Å². The predicted molar refractivity (Wildman–Crippen MR) is 117 cm³/mol. The first-order valence-electron chi connectivity index (χ1n) is 10.1. The molecule has 2 saturated heterocycles. The van der Waals surface area contributed by atoms with Crippen LogP contribution in [0.4, 0.5) is 11.6 Å². The summed E-state index contributed by atoms with van der Waals surface area (Å²) in [5.41, 5.74) is 6.46. The topological polar surface area (TPSA) is 122 Å². The molecular formula is C21H30N6O3. The molecule has 4 heterocycles. The van der Waals surface area contributed by atoms with Crippen molar-refractivity contribution >= 4 is 29.2 Å². The summed E-state index contributed by atoms with van der Waals surface area (Å²) in [4.78, 5) is 49.3. The summed E-state index contributed by atoms with van der Waals surface area (Å²) in [5, 5.41) is 2.75. The monoisotopic (exact) mass is 414 g/mol. The highest BCUT2D eigenvalue weighted by Crippen LogP contribution is 2.19. The number of aromatic nitrogens is 2. The van der Waals surface area contributed by atoms with E-state index in [2.05, 4.69) is 20.2 Å². The smallest absolute Gasteiger partial charge is 0.245 e. The largest absolute Gasteiger partial charge is 0.383 e. The van der Waals surface area contributed by atoms with Gasteiger partial charge in [0.2, 0.25) is 17.6 Å². The molecule has 2 aliphatic rings. The van der Waals surface area contributed by atoms with Gasteiger partial charge < -0.3 is 20.9 Å². The van der Waals surface area contributed by atoms with Gasteiger partial charge in [-0.25, -0.2) is 9.97 Å². The van der Waals surface area contributed by atoms with Crippen LogP contribution in [0, 0.1) is 0 Å². The summed E-state index contributed by atoms with van der Waals surface area (Å²) in [7, 11) is 0. The summed E-state index contributed by atoms with van der Waals surface area (Å²) in [5.74, 6) is 0.506. The predicted octanol–water partition coefficient (Wildman–Crippen LogP) is 1.35. The van der Waals surface area contributed by atoms with Crippen molar-refractivity contribution in [2.24, 2.45) is 0 Å². The molecule has 1 atom stereocenters. The Labute approximate surface area is 178 Å². The van der Waals surface area contributed by atoms with Crippen LogP contribution in [0.5, 0.6) is 0 Å². The lowest BCUT2D eigenvalue weighted by molar-refractivity contribution is -0.134. The lowest BCUT2D eigenvalue weighted by atomic mass is 10.1. The molecule has 9 heteroatoms. The molecule has 1 unspecified atom stereocenters. The molecule has 0 radical (unpaired) electrons. The van der Waals surface area contributed by atoms with E-state index in [1.807, 2.05) is 11.0 Å². The molecule has 9 nitrogen and oxygen atoms in total. The van der Waals surface area contributed by atoms with Gasteiger partial charge in [-0.3, -0.25) is 14.4 Å². The number of hydrogen-bond acceptors (Lipinski definition) is 7. The molecule has 30 heavy (non-hydrogen) atoms. The minimum Gasteiger partial charge on any atom is -0.383 e. The Hall–Kier alpha value is -3.49. The third kappa shape index (κ3) is 4.10. The fourth-order valence-corrected chi connectivity index (χ4v) is 3.86. The highest BCUT2D eigenvalue weighted by Gasteiger charge is 2.31. The van der Waals surface area contributed by atoms with Crippen LogP contribution in [0.25, 0.3) is 0 Å². The third-order valence-electron chi connectivity index (χ3n) is 5.48. The maximum absolute atomic E-state index is 12.8. The quantitative estimate of drug-likeness (QED) is 0.724. The number of nitrogens with two attached hydrogens (primary N) is 1. The number of pyridine rings is 2. The van der Waals surface area contributed by atoms with E-state index in [-0.39, 0.29) is 27.7 Å². The van der Waals surface area contributed by atoms with E-state index >= 15 is 0 Å². The zero-order valence-electron chi connectivity index (χ0n) is 16.6. The number of nitrogen functional groups attached to an aromatic ring is 1. The summed E-state index contributed by atoms with van der Waals surface area (Å²) >= 11 is 0. The Morgan fingerprint density at radius 2 is 2.00 bits per heavy atom. The van der Waals surface area contributed by atoms with Gasteiger partial charge in [-0.05, 0) is 37.1 Å². The molecular weight excluding hydrogens is 384 g/mol. The van der Waals surface area contributed by atoms with Gasteiger partial charge in [0.1, 0.15) is 23.4 Å². The molecule has 2 aliphatic heterocycles. The SMILES string of the molecule is Nc1ncccc1C(=O)c1cccc(N2CCCN(C(=O)C3CCC(=O)N3)CC2)n1.[HH].[HH].[HH]. The zero-order valence-corrected chi connectivity index (χ0v) is 16.6. The molecule has 2 aromatic heterocycles. The van der Waals surface area contributed by atoms with Gasteiger partial charge in [-0.15, -0.1) is 0 Å². The number of amides is 2. The van der Waals surface area contributed by atoms with Crippen molar-refractivity contribution in [1.29, 1.82) is 0 Å². The number of nitrogens with zero attached hydrogens (tertiary/aromatic N) is 4. The number of carbonyl (C=O) groups is 3. The van der Waals surface area contributed by atoms with Crippen LogP contribution in [0.15, 0.2) is 36.5 Å². The summed E-state index contributed by atoms with van der Waals surface area (Å²) in [6, 6.07) is 8.21. The van der Waals surface area contributed by atoms with Crippen molar-refractivity contribution in [3.05, 3.63) is 47.8 Å². The average molecular weight is 415 g/mol. The molecule has 3 N–H and O–H groups in total. The Morgan fingerprint density at radius 1 is 1.13 bits per heavy atom. The maximum atomic E-state index is 12.8. The Morgan fingerprint density at radius 3 is 2.77 bits per heavy atom. The second-order valence-electron chi connectivity index (χ2n) is 7.47. The Bertz CT molecular complexity index is 993. The van der Waals surface area contributed by atoms with Crippen molar-refractivity contribution in [2.75, 3.05) is 36.8 Å². The fourth-order valence-electron chi connectivity index (χ4n) is 3.86. The summed E-state index contributed by atoms with van der Waals surface area (Å²) in [6.45, 7) is 2.50. The molecule has 2 fully saturated rings. The molecule has 0 bridgehead atoms. The summed E-state index contributed by atoms with van der Waals surface area (Å²) < 4.78 is 0. The van der Waals surface area contributed by atoms with Crippen molar-refractivity contribution in [3.63, 3.8) is 0 Å². The number of anilines is 2. The third-order valence-corrected chi connectivity index (χ3v) is 5.48.